The standard InChI is InChI=1S/C14H22N2.C7H6Cl2.2CH2O/c1-15-14-7-5-13(6-8-14)9-12-16-10-3-2-4-11-16;1-5-2-6(8)4-7(9)3-5;2*1-2/h5-8,15H,2-4,9-12H2,1H3;2-4H,1H3;2*1H2. The first kappa shape index (κ1) is 27.1. The first-order valence-electron chi connectivity index (χ1n) is 9.56. The largest absolute Gasteiger partial charge is 0.388 e. The summed E-state index contributed by atoms with van der Waals surface area (Å²) in [5, 5.41) is 4.54. The molecule has 0 radical (unpaired) electrons. The first-order valence-corrected chi connectivity index (χ1v) is 10.3. The molecule has 0 unspecified atom stereocenters. The number of piperidine rings is 1. The lowest BCUT2D eigenvalue weighted by Gasteiger charge is -2.26. The molecule has 0 atom stereocenters. The summed E-state index contributed by atoms with van der Waals surface area (Å²) in [6.07, 6.45) is 5.38. The van der Waals surface area contributed by atoms with Gasteiger partial charge in [0, 0.05) is 29.3 Å². The highest BCUT2D eigenvalue weighted by Crippen LogP contribution is 2.17. The third-order valence-electron chi connectivity index (χ3n) is 4.41. The number of rotatable bonds is 4. The zero-order valence-corrected chi connectivity index (χ0v) is 18.9. The number of hydrogen-bond donors (Lipinski definition) is 1. The summed E-state index contributed by atoms with van der Waals surface area (Å²) in [7, 11) is 1.96. The van der Waals surface area contributed by atoms with Crippen LogP contribution in [-0.2, 0) is 16.0 Å². The number of hydrogen-bond acceptors (Lipinski definition) is 4. The number of nitrogens with zero attached hydrogens (tertiary/aromatic N) is 1. The van der Waals surface area contributed by atoms with Crippen LogP contribution in [0.15, 0.2) is 42.5 Å². The molecule has 1 N–H and O–H groups in total. The SMILES string of the molecule is C=O.C=O.CNc1ccc(CCN2CCCCC2)cc1.Cc1cc(Cl)cc(Cl)c1. The van der Waals surface area contributed by atoms with Crippen LogP contribution < -0.4 is 5.32 Å². The van der Waals surface area contributed by atoms with Crippen molar-refractivity contribution in [2.45, 2.75) is 32.6 Å². The summed E-state index contributed by atoms with van der Waals surface area (Å²) in [5.74, 6) is 0. The molecule has 2 aromatic carbocycles. The van der Waals surface area contributed by atoms with Crippen LogP contribution in [0.5, 0.6) is 0 Å². The van der Waals surface area contributed by atoms with Gasteiger partial charge in [0.15, 0.2) is 0 Å². The van der Waals surface area contributed by atoms with Crippen LogP contribution in [-0.4, -0.2) is 45.2 Å². The van der Waals surface area contributed by atoms with E-state index in [4.69, 9.17) is 32.8 Å². The summed E-state index contributed by atoms with van der Waals surface area (Å²) in [4.78, 5) is 18.6. The Morgan fingerprint density at radius 3 is 1.86 bits per heavy atom. The highest BCUT2D eigenvalue weighted by Gasteiger charge is 2.09. The number of likely N-dealkylation sites (tertiary alicyclic amines) is 1. The van der Waals surface area contributed by atoms with E-state index in [0.29, 0.717) is 10.0 Å². The van der Waals surface area contributed by atoms with Gasteiger partial charge in [0.05, 0.1) is 0 Å². The molecule has 0 aromatic heterocycles. The fraction of sp³-hybridized carbons (Fsp3) is 0.391. The Labute approximate surface area is 185 Å². The van der Waals surface area contributed by atoms with Gasteiger partial charge >= 0.3 is 0 Å². The van der Waals surface area contributed by atoms with Crippen molar-refractivity contribution in [3.05, 3.63) is 63.6 Å². The summed E-state index contributed by atoms with van der Waals surface area (Å²) in [6, 6.07) is 14.2. The van der Waals surface area contributed by atoms with Crippen LogP contribution in [0.2, 0.25) is 10.0 Å². The smallest absolute Gasteiger partial charge is 0.106 e. The van der Waals surface area contributed by atoms with E-state index >= 15 is 0 Å². The van der Waals surface area contributed by atoms with E-state index in [2.05, 4.69) is 34.5 Å². The van der Waals surface area contributed by atoms with Crippen molar-refractivity contribution in [1.29, 1.82) is 0 Å². The molecule has 6 heteroatoms. The molecule has 3 rings (SSSR count). The number of halogens is 2. The van der Waals surface area contributed by atoms with Crippen LogP contribution >= 0.6 is 23.2 Å². The Morgan fingerprint density at radius 2 is 1.41 bits per heavy atom. The van der Waals surface area contributed by atoms with Crippen LogP contribution in [0, 0.1) is 6.92 Å². The van der Waals surface area contributed by atoms with Gasteiger partial charge < -0.3 is 19.8 Å². The van der Waals surface area contributed by atoms with E-state index in [9.17, 15) is 0 Å². The van der Waals surface area contributed by atoms with E-state index in [1.807, 2.05) is 39.7 Å². The van der Waals surface area contributed by atoms with Gasteiger partial charge in [-0.15, -0.1) is 0 Å². The second-order valence-electron chi connectivity index (χ2n) is 6.55. The summed E-state index contributed by atoms with van der Waals surface area (Å²) in [6.45, 7) is 9.78. The number of benzene rings is 2. The molecule has 0 aliphatic carbocycles. The zero-order chi connectivity index (χ0) is 22.1. The minimum atomic E-state index is 0.694. The molecule has 29 heavy (non-hydrogen) atoms. The fourth-order valence-electron chi connectivity index (χ4n) is 3.00. The maximum atomic E-state index is 8.00. The van der Waals surface area contributed by atoms with Crippen LogP contribution in [0.4, 0.5) is 5.69 Å². The molecule has 160 valence electrons. The molecule has 1 fully saturated rings. The minimum absolute atomic E-state index is 0.694. The maximum Gasteiger partial charge on any atom is 0.106 e. The lowest BCUT2D eigenvalue weighted by atomic mass is 10.1. The summed E-state index contributed by atoms with van der Waals surface area (Å²) in [5.41, 5.74) is 3.73. The van der Waals surface area contributed by atoms with Crippen LogP contribution in [0.1, 0.15) is 30.4 Å². The molecular weight excluding hydrogens is 407 g/mol. The predicted molar refractivity (Wildman–Crippen MR) is 125 cm³/mol. The van der Waals surface area contributed by atoms with Gasteiger partial charge in [0.25, 0.3) is 0 Å². The molecule has 0 bridgehead atoms. The van der Waals surface area contributed by atoms with Crippen LogP contribution in [0.3, 0.4) is 0 Å². The Morgan fingerprint density at radius 1 is 0.897 bits per heavy atom. The maximum absolute atomic E-state index is 8.00. The number of nitrogens with one attached hydrogen (secondary N) is 1. The first-order chi connectivity index (χ1) is 14.1. The third-order valence-corrected chi connectivity index (χ3v) is 4.85. The Kier molecular flexibility index (Phi) is 15.9. The van der Waals surface area contributed by atoms with E-state index in [0.717, 1.165) is 5.56 Å². The fourth-order valence-corrected chi connectivity index (χ4v) is 3.64. The minimum Gasteiger partial charge on any atom is -0.388 e. The predicted octanol–water partition coefficient (Wildman–Crippen LogP) is 5.69. The van der Waals surface area contributed by atoms with Gasteiger partial charge in [-0.3, -0.25) is 0 Å². The molecule has 1 aliphatic heterocycles. The molecule has 1 aliphatic rings. The quantitative estimate of drug-likeness (QED) is 0.665. The average molecular weight is 439 g/mol. The highest BCUT2D eigenvalue weighted by molar-refractivity contribution is 6.34. The van der Waals surface area contributed by atoms with E-state index in [1.54, 1.807) is 6.07 Å². The second-order valence-corrected chi connectivity index (χ2v) is 7.42. The molecule has 0 spiro atoms. The molecule has 0 saturated carbocycles. The molecule has 1 heterocycles. The molecule has 4 nitrogen and oxygen atoms in total. The van der Waals surface area contributed by atoms with Gasteiger partial charge in [0.2, 0.25) is 0 Å². The lowest BCUT2D eigenvalue weighted by molar-refractivity contribution is -0.0987. The van der Waals surface area contributed by atoms with Crippen molar-refractivity contribution in [1.82, 2.24) is 4.90 Å². The van der Waals surface area contributed by atoms with Crippen molar-refractivity contribution >= 4 is 42.5 Å². The Bertz CT molecular complexity index is 623. The van der Waals surface area contributed by atoms with Crippen molar-refractivity contribution in [2.24, 2.45) is 0 Å². The van der Waals surface area contributed by atoms with Crippen molar-refractivity contribution in [3.63, 3.8) is 0 Å². The van der Waals surface area contributed by atoms with Gasteiger partial charge in [-0.1, -0.05) is 41.8 Å². The Hall–Kier alpha value is -1.88. The highest BCUT2D eigenvalue weighted by atomic mass is 35.5. The van der Waals surface area contributed by atoms with Gasteiger partial charge in [0.1, 0.15) is 13.6 Å². The Balaban J connectivity index is 0.000000513. The lowest BCUT2D eigenvalue weighted by Crippen LogP contribution is -2.31. The van der Waals surface area contributed by atoms with Crippen molar-refractivity contribution in [3.8, 4) is 0 Å². The number of aryl methyl sites for hydroxylation is 1. The topological polar surface area (TPSA) is 49.4 Å². The van der Waals surface area contributed by atoms with E-state index in [1.165, 1.54) is 56.6 Å². The number of carbonyl (C=O) groups excluding carboxylic acids is 2. The average Bonchev–Trinajstić information content (AvgIpc) is 2.76. The number of carbonyl (C=O) groups is 2. The van der Waals surface area contributed by atoms with Crippen molar-refractivity contribution in [2.75, 3.05) is 32.0 Å². The molecule has 0 amide bonds. The van der Waals surface area contributed by atoms with E-state index in [-0.39, 0.29) is 0 Å². The van der Waals surface area contributed by atoms with E-state index < -0.39 is 0 Å². The van der Waals surface area contributed by atoms with Crippen molar-refractivity contribution < 1.29 is 9.59 Å². The van der Waals surface area contributed by atoms with Gasteiger partial charge in [-0.25, -0.2) is 0 Å². The summed E-state index contributed by atoms with van der Waals surface area (Å²) < 4.78 is 0. The molecule has 2 aromatic rings. The van der Waals surface area contributed by atoms with Gasteiger partial charge in [-0.05, 0) is 80.7 Å². The molecule has 1 saturated heterocycles. The molecular formula is C23H32Cl2N2O2. The third kappa shape index (κ3) is 12.3. The van der Waals surface area contributed by atoms with Crippen LogP contribution in [0.25, 0.3) is 0 Å². The second kappa shape index (κ2) is 17.0. The normalized spacial score (nSPS) is 12.8. The zero-order valence-electron chi connectivity index (χ0n) is 17.4. The number of anilines is 1. The summed E-state index contributed by atoms with van der Waals surface area (Å²) >= 11 is 11.3. The van der Waals surface area contributed by atoms with Gasteiger partial charge in [-0.2, -0.15) is 0 Å². The monoisotopic (exact) mass is 438 g/mol.